The third-order valence-corrected chi connectivity index (χ3v) is 4.10. The first kappa shape index (κ1) is 15.0. The molecule has 2 nitrogen and oxygen atoms in total. The lowest BCUT2D eigenvalue weighted by molar-refractivity contribution is 0.0967. The molecule has 2 unspecified atom stereocenters. The van der Waals surface area contributed by atoms with Gasteiger partial charge < -0.3 is 10.1 Å². The maximum Gasteiger partial charge on any atom is 0.0576 e. The van der Waals surface area contributed by atoms with Crippen LogP contribution in [0.3, 0.4) is 0 Å². The molecule has 1 aliphatic rings. The van der Waals surface area contributed by atoms with Crippen LogP contribution in [0, 0.1) is 5.92 Å². The number of nitrogens with one attached hydrogen (secondary N) is 1. The summed E-state index contributed by atoms with van der Waals surface area (Å²) in [7, 11) is 0. The topological polar surface area (TPSA) is 21.3 Å². The monoisotopic (exact) mass is 241 g/mol. The van der Waals surface area contributed by atoms with Crippen LogP contribution in [-0.4, -0.2) is 25.3 Å². The maximum absolute atomic E-state index is 5.73. The molecule has 2 atom stereocenters. The summed E-state index contributed by atoms with van der Waals surface area (Å²) in [5.74, 6) is 0.836. The minimum Gasteiger partial charge on any atom is -0.378 e. The minimum atomic E-state index is 0.551. The fourth-order valence-electron chi connectivity index (χ4n) is 2.93. The quantitative estimate of drug-likeness (QED) is 0.664. The van der Waals surface area contributed by atoms with Crippen LogP contribution in [0.1, 0.15) is 65.7 Å². The Hall–Kier alpha value is -0.0800. The van der Waals surface area contributed by atoms with Gasteiger partial charge in [-0.2, -0.15) is 0 Å². The zero-order valence-electron chi connectivity index (χ0n) is 12.0. The van der Waals surface area contributed by atoms with Gasteiger partial charge in [-0.05, 0) is 44.6 Å². The van der Waals surface area contributed by atoms with E-state index >= 15 is 0 Å². The highest BCUT2D eigenvalue weighted by atomic mass is 16.5. The molecule has 1 aliphatic heterocycles. The molecule has 0 aromatic rings. The van der Waals surface area contributed by atoms with Crippen molar-refractivity contribution in [2.75, 3.05) is 13.2 Å². The van der Waals surface area contributed by atoms with Crippen molar-refractivity contribution in [3.05, 3.63) is 0 Å². The molecule has 0 aliphatic carbocycles. The predicted molar refractivity (Wildman–Crippen MR) is 74.4 cm³/mol. The molecule has 1 rings (SSSR count). The van der Waals surface area contributed by atoms with Gasteiger partial charge in [-0.1, -0.05) is 33.6 Å². The van der Waals surface area contributed by atoms with Crippen molar-refractivity contribution in [3.8, 4) is 0 Å². The number of hydrogen-bond acceptors (Lipinski definition) is 2. The van der Waals surface area contributed by atoms with Gasteiger partial charge >= 0.3 is 0 Å². The lowest BCUT2D eigenvalue weighted by Crippen LogP contribution is -2.37. The van der Waals surface area contributed by atoms with Crippen LogP contribution >= 0.6 is 0 Å². The molecular weight excluding hydrogens is 210 g/mol. The standard InChI is InChI=1S/C15H31NO/c1-4-11-16-15(13(5-2)6-3)10-9-14-8-7-12-17-14/h13-16H,4-12H2,1-3H3. The summed E-state index contributed by atoms with van der Waals surface area (Å²) in [6.07, 6.45) is 9.46. The molecule has 0 spiro atoms. The lowest BCUT2D eigenvalue weighted by atomic mass is 9.89. The summed E-state index contributed by atoms with van der Waals surface area (Å²) < 4.78 is 5.73. The fourth-order valence-corrected chi connectivity index (χ4v) is 2.93. The Morgan fingerprint density at radius 3 is 2.53 bits per heavy atom. The first-order valence-corrected chi connectivity index (χ1v) is 7.66. The highest BCUT2D eigenvalue weighted by Crippen LogP contribution is 2.22. The summed E-state index contributed by atoms with van der Waals surface area (Å²) in [5.41, 5.74) is 0. The van der Waals surface area contributed by atoms with Gasteiger partial charge in [0.15, 0.2) is 0 Å². The second kappa shape index (κ2) is 8.93. The summed E-state index contributed by atoms with van der Waals surface area (Å²) >= 11 is 0. The van der Waals surface area contributed by atoms with Crippen LogP contribution in [0.2, 0.25) is 0 Å². The third-order valence-electron chi connectivity index (χ3n) is 4.10. The Morgan fingerprint density at radius 2 is 2.00 bits per heavy atom. The van der Waals surface area contributed by atoms with Gasteiger partial charge in [0.25, 0.3) is 0 Å². The molecule has 1 fully saturated rings. The summed E-state index contributed by atoms with van der Waals surface area (Å²) in [5, 5.41) is 3.74. The highest BCUT2D eigenvalue weighted by molar-refractivity contribution is 4.77. The van der Waals surface area contributed by atoms with Crippen molar-refractivity contribution >= 4 is 0 Å². The Kier molecular flexibility index (Phi) is 7.87. The summed E-state index contributed by atoms with van der Waals surface area (Å²) in [6.45, 7) is 9.04. The van der Waals surface area contributed by atoms with Crippen molar-refractivity contribution in [1.82, 2.24) is 5.32 Å². The summed E-state index contributed by atoms with van der Waals surface area (Å²) in [6, 6.07) is 0.703. The largest absolute Gasteiger partial charge is 0.378 e. The lowest BCUT2D eigenvalue weighted by Gasteiger charge is -2.27. The molecule has 17 heavy (non-hydrogen) atoms. The predicted octanol–water partition coefficient (Wildman–Crippen LogP) is 3.75. The number of hydrogen-bond donors (Lipinski definition) is 1. The second-order valence-electron chi connectivity index (χ2n) is 5.35. The van der Waals surface area contributed by atoms with E-state index in [0.717, 1.165) is 19.1 Å². The van der Waals surface area contributed by atoms with Gasteiger partial charge in [-0.25, -0.2) is 0 Å². The van der Waals surface area contributed by atoms with Crippen LogP contribution in [0.5, 0.6) is 0 Å². The van der Waals surface area contributed by atoms with Crippen LogP contribution in [0.25, 0.3) is 0 Å². The van der Waals surface area contributed by atoms with Gasteiger partial charge in [-0.3, -0.25) is 0 Å². The third kappa shape index (κ3) is 5.39. The zero-order valence-corrected chi connectivity index (χ0v) is 12.0. The van der Waals surface area contributed by atoms with Crippen molar-refractivity contribution in [2.45, 2.75) is 77.9 Å². The van der Waals surface area contributed by atoms with E-state index in [0.29, 0.717) is 12.1 Å². The van der Waals surface area contributed by atoms with E-state index < -0.39 is 0 Å². The van der Waals surface area contributed by atoms with Crippen LogP contribution < -0.4 is 5.32 Å². The Labute approximate surface area is 108 Å². The average Bonchev–Trinajstić information content (AvgIpc) is 2.86. The molecule has 0 amide bonds. The molecule has 1 N–H and O–H groups in total. The van der Waals surface area contributed by atoms with E-state index in [2.05, 4.69) is 26.1 Å². The van der Waals surface area contributed by atoms with E-state index in [1.54, 1.807) is 0 Å². The maximum atomic E-state index is 5.73. The number of ether oxygens (including phenoxy) is 1. The van der Waals surface area contributed by atoms with Gasteiger partial charge in [0.1, 0.15) is 0 Å². The normalized spacial score (nSPS) is 22.2. The fraction of sp³-hybridized carbons (Fsp3) is 1.00. The zero-order chi connectivity index (χ0) is 12.5. The highest BCUT2D eigenvalue weighted by Gasteiger charge is 2.21. The number of rotatable bonds is 9. The van der Waals surface area contributed by atoms with Crippen LogP contribution in [0.4, 0.5) is 0 Å². The van der Waals surface area contributed by atoms with Crippen LogP contribution in [0.15, 0.2) is 0 Å². The molecule has 1 heterocycles. The molecule has 0 aromatic heterocycles. The van der Waals surface area contributed by atoms with Crippen LogP contribution in [-0.2, 0) is 4.74 Å². The molecule has 102 valence electrons. The minimum absolute atomic E-state index is 0.551. The molecule has 0 radical (unpaired) electrons. The van der Waals surface area contributed by atoms with E-state index in [-0.39, 0.29) is 0 Å². The van der Waals surface area contributed by atoms with Crippen molar-refractivity contribution in [1.29, 1.82) is 0 Å². The van der Waals surface area contributed by atoms with Crippen molar-refractivity contribution in [2.24, 2.45) is 5.92 Å². The molecule has 0 bridgehead atoms. The van der Waals surface area contributed by atoms with Gasteiger partial charge in [0.05, 0.1) is 6.10 Å². The van der Waals surface area contributed by atoms with E-state index in [4.69, 9.17) is 4.74 Å². The van der Waals surface area contributed by atoms with Crippen molar-refractivity contribution < 1.29 is 4.74 Å². The van der Waals surface area contributed by atoms with E-state index in [1.165, 1.54) is 44.9 Å². The average molecular weight is 241 g/mol. The molecule has 2 heteroatoms. The smallest absolute Gasteiger partial charge is 0.0576 e. The molecule has 0 saturated carbocycles. The van der Waals surface area contributed by atoms with Gasteiger partial charge in [-0.15, -0.1) is 0 Å². The van der Waals surface area contributed by atoms with Gasteiger partial charge in [0.2, 0.25) is 0 Å². The first-order chi connectivity index (χ1) is 8.31. The first-order valence-electron chi connectivity index (χ1n) is 7.66. The molecular formula is C15H31NO. The SMILES string of the molecule is CCCNC(CCC1CCCO1)C(CC)CC. The van der Waals surface area contributed by atoms with E-state index in [9.17, 15) is 0 Å². The summed E-state index contributed by atoms with van der Waals surface area (Å²) in [4.78, 5) is 0. The Balaban J connectivity index is 2.32. The molecule has 1 saturated heterocycles. The van der Waals surface area contributed by atoms with Gasteiger partial charge in [0, 0.05) is 12.6 Å². The van der Waals surface area contributed by atoms with E-state index in [1.807, 2.05) is 0 Å². The second-order valence-corrected chi connectivity index (χ2v) is 5.35. The Morgan fingerprint density at radius 1 is 1.24 bits per heavy atom. The van der Waals surface area contributed by atoms with Crippen molar-refractivity contribution in [3.63, 3.8) is 0 Å². The Bertz CT molecular complexity index is 174. The molecule has 0 aromatic carbocycles.